The van der Waals surface area contributed by atoms with Gasteiger partial charge in [-0.3, -0.25) is 0 Å². The smallest absolute Gasteiger partial charge is 0.341 e. The van der Waals surface area contributed by atoms with Crippen molar-refractivity contribution in [3.63, 3.8) is 0 Å². The number of carbonyl (C=O) groups is 1. The van der Waals surface area contributed by atoms with Crippen LogP contribution in [0.3, 0.4) is 0 Å². The van der Waals surface area contributed by atoms with Crippen LogP contribution < -0.4 is 0 Å². The molecular weight excluding hydrogens is 180 g/mol. The summed E-state index contributed by atoms with van der Waals surface area (Å²) in [6.07, 6.45) is 0.610. The van der Waals surface area contributed by atoms with Gasteiger partial charge in [-0.1, -0.05) is 6.92 Å². The van der Waals surface area contributed by atoms with E-state index in [0.717, 1.165) is 5.76 Å². The molecule has 0 aliphatic heterocycles. The molecule has 0 unspecified atom stereocenters. The van der Waals surface area contributed by atoms with Crippen LogP contribution in [0.2, 0.25) is 0 Å². The highest BCUT2D eigenvalue weighted by Gasteiger charge is 2.17. The molecule has 1 aromatic heterocycles. The molecule has 0 aromatic carbocycles. The average molecular weight is 196 g/mol. The lowest BCUT2D eigenvalue weighted by Crippen LogP contribution is -2.12. The second kappa shape index (κ2) is 4.31. The van der Waals surface area contributed by atoms with Gasteiger partial charge in [0.15, 0.2) is 0 Å². The maximum absolute atomic E-state index is 11.6. The number of aryl methyl sites for hydroxylation is 2. The minimum absolute atomic E-state index is 0.0950. The Morgan fingerprint density at radius 3 is 2.71 bits per heavy atom. The molecule has 1 aromatic rings. The quantitative estimate of drug-likeness (QED) is 0.698. The van der Waals surface area contributed by atoms with Gasteiger partial charge in [-0.2, -0.15) is 0 Å². The fourth-order valence-electron chi connectivity index (χ4n) is 1.28. The number of furan rings is 1. The van der Waals surface area contributed by atoms with Crippen LogP contribution in [0.4, 0.5) is 0 Å². The van der Waals surface area contributed by atoms with E-state index >= 15 is 0 Å². The van der Waals surface area contributed by atoms with Gasteiger partial charge in [0.2, 0.25) is 0 Å². The Balaban J connectivity index is 2.88. The highest BCUT2D eigenvalue weighted by molar-refractivity contribution is 5.90. The van der Waals surface area contributed by atoms with E-state index < -0.39 is 0 Å². The zero-order valence-electron chi connectivity index (χ0n) is 9.09. The average Bonchev–Trinajstić information content (AvgIpc) is 2.45. The number of carbonyl (C=O) groups excluding carboxylic acids is 1. The van der Waals surface area contributed by atoms with E-state index in [4.69, 9.17) is 9.15 Å². The summed E-state index contributed by atoms with van der Waals surface area (Å²) in [5.74, 6) is 1.15. The van der Waals surface area contributed by atoms with E-state index in [1.54, 1.807) is 6.07 Å². The molecule has 1 heterocycles. The Hall–Kier alpha value is -1.25. The SMILES string of the molecule is CCc1oc(C)cc1C(=O)OC(C)C. The Labute approximate surface area is 84.1 Å². The van der Waals surface area contributed by atoms with Gasteiger partial charge in [-0.05, 0) is 26.8 Å². The van der Waals surface area contributed by atoms with Crippen LogP contribution >= 0.6 is 0 Å². The second-order valence-electron chi connectivity index (χ2n) is 3.50. The van der Waals surface area contributed by atoms with Gasteiger partial charge < -0.3 is 9.15 Å². The number of hydrogen-bond donors (Lipinski definition) is 0. The first-order chi connectivity index (χ1) is 6.54. The van der Waals surface area contributed by atoms with Crippen LogP contribution in [0.15, 0.2) is 10.5 Å². The van der Waals surface area contributed by atoms with E-state index in [1.807, 2.05) is 27.7 Å². The van der Waals surface area contributed by atoms with Crippen LogP contribution in [-0.2, 0) is 11.2 Å². The molecule has 0 saturated heterocycles. The molecule has 78 valence electrons. The van der Waals surface area contributed by atoms with Crippen molar-refractivity contribution in [3.8, 4) is 0 Å². The highest BCUT2D eigenvalue weighted by Crippen LogP contribution is 2.17. The third-order valence-corrected chi connectivity index (χ3v) is 1.82. The molecule has 0 N–H and O–H groups in total. The topological polar surface area (TPSA) is 39.4 Å². The van der Waals surface area contributed by atoms with Crippen molar-refractivity contribution in [2.45, 2.75) is 40.2 Å². The molecule has 0 aliphatic carbocycles. The summed E-state index contributed by atoms with van der Waals surface area (Å²) in [4.78, 5) is 11.6. The lowest BCUT2D eigenvalue weighted by Gasteiger charge is -2.06. The Bertz CT molecular complexity index is 323. The van der Waals surface area contributed by atoms with E-state index in [-0.39, 0.29) is 12.1 Å². The van der Waals surface area contributed by atoms with Crippen LogP contribution in [0.25, 0.3) is 0 Å². The molecule has 0 aliphatic rings. The van der Waals surface area contributed by atoms with Crippen LogP contribution in [0.1, 0.15) is 42.6 Å². The van der Waals surface area contributed by atoms with Crippen molar-refractivity contribution < 1.29 is 13.9 Å². The van der Waals surface area contributed by atoms with Gasteiger partial charge >= 0.3 is 5.97 Å². The van der Waals surface area contributed by atoms with Gasteiger partial charge in [-0.15, -0.1) is 0 Å². The maximum atomic E-state index is 11.6. The summed E-state index contributed by atoms with van der Waals surface area (Å²) in [7, 11) is 0. The summed E-state index contributed by atoms with van der Waals surface area (Å²) in [5, 5.41) is 0. The molecule has 0 atom stereocenters. The highest BCUT2D eigenvalue weighted by atomic mass is 16.5. The van der Waals surface area contributed by atoms with Crippen molar-refractivity contribution in [1.82, 2.24) is 0 Å². The third-order valence-electron chi connectivity index (χ3n) is 1.82. The van der Waals surface area contributed by atoms with Gasteiger partial charge in [-0.25, -0.2) is 4.79 Å². The minimum atomic E-state index is -0.297. The number of ether oxygens (including phenoxy) is 1. The Kier molecular flexibility index (Phi) is 3.33. The lowest BCUT2D eigenvalue weighted by atomic mass is 10.2. The van der Waals surface area contributed by atoms with Crippen LogP contribution in [0, 0.1) is 6.92 Å². The predicted octanol–water partition coefficient (Wildman–Crippen LogP) is 2.72. The van der Waals surface area contributed by atoms with Gasteiger partial charge in [0.1, 0.15) is 17.1 Å². The lowest BCUT2D eigenvalue weighted by molar-refractivity contribution is 0.0375. The summed E-state index contributed by atoms with van der Waals surface area (Å²) >= 11 is 0. The molecule has 0 radical (unpaired) electrons. The van der Waals surface area contributed by atoms with Gasteiger partial charge in [0, 0.05) is 6.42 Å². The summed E-state index contributed by atoms with van der Waals surface area (Å²) in [6.45, 7) is 7.43. The molecule has 3 nitrogen and oxygen atoms in total. The first-order valence-corrected chi connectivity index (χ1v) is 4.84. The predicted molar refractivity (Wildman–Crippen MR) is 53.4 cm³/mol. The van der Waals surface area contributed by atoms with Crippen molar-refractivity contribution >= 4 is 5.97 Å². The zero-order valence-corrected chi connectivity index (χ0v) is 9.09. The van der Waals surface area contributed by atoms with Gasteiger partial charge in [0.25, 0.3) is 0 Å². The maximum Gasteiger partial charge on any atom is 0.341 e. The standard InChI is InChI=1S/C11H16O3/c1-5-10-9(6-8(4)14-10)11(12)13-7(2)3/h6-7H,5H2,1-4H3. The summed E-state index contributed by atoms with van der Waals surface area (Å²) in [6, 6.07) is 1.73. The molecule has 0 bridgehead atoms. The number of hydrogen-bond acceptors (Lipinski definition) is 3. The minimum Gasteiger partial charge on any atom is -0.465 e. The first kappa shape index (κ1) is 10.8. The molecule has 0 spiro atoms. The van der Waals surface area contributed by atoms with E-state index in [0.29, 0.717) is 17.7 Å². The Morgan fingerprint density at radius 1 is 1.57 bits per heavy atom. The van der Waals surface area contributed by atoms with Crippen LogP contribution in [-0.4, -0.2) is 12.1 Å². The molecule has 1 rings (SSSR count). The van der Waals surface area contributed by atoms with E-state index in [2.05, 4.69) is 0 Å². The molecular formula is C11H16O3. The fraction of sp³-hybridized carbons (Fsp3) is 0.545. The summed E-state index contributed by atoms with van der Waals surface area (Å²) in [5.41, 5.74) is 0.554. The molecule has 0 fully saturated rings. The first-order valence-electron chi connectivity index (χ1n) is 4.84. The molecule has 14 heavy (non-hydrogen) atoms. The molecule has 0 saturated carbocycles. The largest absolute Gasteiger partial charge is 0.465 e. The molecule has 3 heteroatoms. The van der Waals surface area contributed by atoms with Crippen molar-refractivity contribution in [3.05, 3.63) is 23.2 Å². The summed E-state index contributed by atoms with van der Waals surface area (Å²) < 4.78 is 10.5. The normalized spacial score (nSPS) is 10.6. The van der Waals surface area contributed by atoms with Crippen molar-refractivity contribution in [2.75, 3.05) is 0 Å². The van der Waals surface area contributed by atoms with E-state index in [9.17, 15) is 4.79 Å². The van der Waals surface area contributed by atoms with Crippen molar-refractivity contribution in [2.24, 2.45) is 0 Å². The zero-order chi connectivity index (χ0) is 10.7. The second-order valence-corrected chi connectivity index (χ2v) is 3.50. The Morgan fingerprint density at radius 2 is 2.21 bits per heavy atom. The molecule has 0 amide bonds. The van der Waals surface area contributed by atoms with E-state index in [1.165, 1.54) is 0 Å². The fourth-order valence-corrected chi connectivity index (χ4v) is 1.28. The third kappa shape index (κ3) is 2.37. The van der Waals surface area contributed by atoms with Crippen molar-refractivity contribution in [1.29, 1.82) is 0 Å². The monoisotopic (exact) mass is 196 g/mol. The number of rotatable bonds is 3. The van der Waals surface area contributed by atoms with Gasteiger partial charge in [0.05, 0.1) is 6.10 Å². The van der Waals surface area contributed by atoms with Crippen LogP contribution in [0.5, 0.6) is 0 Å². The number of esters is 1.